The van der Waals surface area contributed by atoms with Crippen molar-refractivity contribution in [2.45, 2.75) is 63.0 Å². The molecule has 0 aliphatic carbocycles. The first-order valence-electron chi connectivity index (χ1n) is 9.95. The number of carbonyl (C=O) groups excluding carboxylic acids is 1. The van der Waals surface area contributed by atoms with Crippen molar-refractivity contribution < 1.29 is 35.5 Å². The van der Waals surface area contributed by atoms with E-state index in [2.05, 4.69) is 15.3 Å². The van der Waals surface area contributed by atoms with Crippen LogP contribution in [0.25, 0.3) is 0 Å². The van der Waals surface area contributed by atoms with E-state index in [1.165, 1.54) is 13.8 Å². The number of ether oxygens (including phenoxy) is 1. The first-order valence-corrected chi connectivity index (χ1v) is 11.4. The SMILES string of the molecule is Cc1c(OC(C)C)ncnc1C(=O)NCCC(C)(C)S(=O)(=O)c1cc(F)cc(C(F)(F)F)c1. The van der Waals surface area contributed by atoms with Crippen molar-refractivity contribution in [1.29, 1.82) is 0 Å². The molecule has 1 aromatic carbocycles. The van der Waals surface area contributed by atoms with Crippen molar-refractivity contribution in [2.75, 3.05) is 6.54 Å². The van der Waals surface area contributed by atoms with Gasteiger partial charge in [0.25, 0.3) is 5.91 Å². The molecule has 0 bridgehead atoms. The van der Waals surface area contributed by atoms with Crippen LogP contribution in [-0.2, 0) is 16.0 Å². The Bertz CT molecular complexity index is 1130. The van der Waals surface area contributed by atoms with Crippen LogP contribution in [0.1, 0.15) is 55.7 Å². The predicted molar refractivity (Wildman–Crippen MR) is 112 cm³/mol. The Hall–Kier alpha value is -2.76. The fraction of sp³-hybridized carbons (Fsp3) is 0.476. The van der Waals surface area contributed by atoms with Gasteiger partial charge >= 0.3 is 6.18 Å². The number of hydrogen-bond acceptors (Lipinski definition) is 6. The van der Waals surface area contributed by atoms with Crippen LogP contribution >= 0.6 is 0 Å². The van der Waals surface area contributed by atoms with Crippen LogP contribution in [0.5, 0.6) is 5.88 Å². The van der Waals surface area contributed by atoms with Crippen LogP contribution in [0.3, 0.4) is 0 Å². The van der Waals surface area contributed by atoms with E-state index in [0.29, 0.717) is 17.7 Å². The first-order chi connectivity index (χ1) is 15.1. The highest BCUT2D eigenvalue weighted by Gasteiger charge is 2.38. The highest BCUT2D eigenvalue weighted by molar-refractivity contribution is 7.92. The third-order valence-corrected chi connectivity index (χ3v) is 7.36. The molecule has 1 heterocycles. The summed E-state index contributed by atoms with van der Waals surface area (Å²) in [4.78, 5) is 19.6. The van der Waals surface area contributed by atoms with Crippen LogP contribution < -0.4 is 10.1 Å². The number of nitrogens with zero attached hydrogens (tertiary/aromatic N) is 2. The van der Waals surface area contributed by atoms with E-state index in [0.717, 1.165) is 6.33 Å². The molecule has 0 aliphatic rings. The zero-order chi connectivity index (χ0) is 25.2. The molecule has 1 aromatic heterocycles. The molecule has 33 heavy (non-hydrogen) atoms. The molecule has 1 amide bonds. The van der Waals surface area contributed by atoms with Crippen molar-refractivity contribution in [3.05, 3.63) is 47.2 Å². The van der Waals surface area contributed by atoms with Gasteiger partial charge in [-0.1, -0.05) is 0 Å². The molecule has 7 nitrogen and oxygen atoms in total. The third-order valence-electron chi connectivity index (χ3n) is 4.85. The van der Waals surface area contributed by atoms with Gasteiger partial charge in [-0.3, -0.25) is 4.79 Å². The number of aromatic nitrogens is 2. The summed E-state index contributed by atoms with van der Waals surface area (Å²) >= 11 is 0. The Kier molecular flexibility index (Phi) is 7.72. The number of rotatable bonds is 8. The molecule has 0 saturated carbocycles. The molecule has 182 valence electrons. The molecule has 12 heteroatoms. The van der Waals surface area contributed by atoms with Crippen LogP contribution in [0.2, 0.25) is 0 Å². The lowest BCUT2D eigenvalue weighted by molar-refractivity contribution is -0.137. The Balaban J connectivity index is 2.17. The molecule has 2 rings (SSSR count). The maximum Gasteiger partial charge on any atom is 0.416 e. The molecule has 0 atom stereocenters. The van der Waals surface area contributed by atoms with Crippen LogP contribution in [0.15, 0.2) is 29.4 Å². The van der Waals surface area contributed by atoms with Gasteiger partial charge in [0.05, 0.1) is 21.3 Å². The van der Waals surface area contributed by atoms with E-state index in [1.807, 2.05) is 0 Å². The summed E-state index contributed by atoms with van der Waals surface area (Å²) in [7, 11) is -4.37. The van der Waals surface area contributed by atoms with Gasteiger partial charge in [0.1, 0.15) is 17.8 Å². The molecule has 1 N–H and O–H groups in total. The van der Waals surface area contributed by atoms with Gasteiger partial charge in [-0.15, -0.1) is 0 Å². The predicted octanol–water partition coefficient (Wildman–Crippen LogP) is 4.10. The van der Waals surface area contributed by atoms with Gasteiger partial charge in [0, 0.05) is 12.1 Å². The molecule has 0 spiro atoms. The summed E-state index contributed by atoms with van der Waals surface area (Å²) in [5.74, 6) is -1.67. The number of sulfone groups is 1. The van der Waals surface area contributed by atoms with E-state index in [-0.39, 0.29) is 36.7 Å². The number of amides is 1. The average Bonchev–Trinajstić information content (AvgIpc) is 2.67. The van der Waals surface area contributed by atoms with Gasteiger partial charge in [0.15, 0.2) is 9.84 Å². The highest BCUT2D eigenvalue weighted by Crippen LogP contribution is 2.35. The smallest absolute Gasteiger partial charge is 0.416 e. The van der Waals surface area contributed by atoms with Crippen molar-refractivity contribution in [3.63, 3.8) is 0 Å². The van der Waals surface area contributed by atoms with Crippen molar-refractivity contribution in [1.82, 2.24) is 15.3 Å². The summed E-state index contributed by atoms with van der Waals surface area (Å²) in [5, 5.41) is 2.54. The number of benzene rings is 1. The number of nitrogens with one attached hydrogen (secondary N) is 1. The average molecular weight is 492 g/mol. The monoisotopic (exact) mass is 491 g/mol. The lowest BCUT2D eigenvalue weighted by Crippen LogP contribution is -2.37. The highest BCUT2D eigenvalue weighted by atomic mass is 32.2. The number of carbonyl (C=O) groups is 1. The van der Waals surface area contributed by atoms with Crippen molar-refractivity contribution in [2.24, 2.45) is 0 Å². The fourth-order valence-electron chi connectivity index (χ4n) is 2.90. The molecule has 0 fully saturated rings. The second-order valence-electron chi connectivity index (χ2n) is 8.26. The van der Waals surface area contributed by atoms with E-state index >= 15 is 0 Å². The quantitative estimate of drug-likeness (QED) is 0.559. The van der Waals surface area contributed by atoms with Crippen LogP contribution in [0.4, 0.5) is 17.6 Å². The Morgan fingerprint density at radius 2 is 1.79 bits per heavy atom. The van der Waals surface area contributed by atoms with Gasteiger partial charge in [-0.25, -0.2) is 22.8 Å². The number of halogens is 4. The molecule has 0 unspecified atom stereocenters. The minimum Gasteiger partial charge on any atom is -0.475 e. The maximum absolute atomic E-state index is 13.7. The number of alkyl halides is 3. The van der Waals surface area contributed by atoms with Gasteiger partial charge in [-0.2, -0.15) is 13.2 Å². The summed E-state index contributed by atoms with van der Waals surface area (Å²) in [6.07, 6.45) is -4.08. The zero-order valence-corrected chi connectivity index (χ0v) is 19.6. The fourth-order valence-corrected chi connectivity index (χ4v) is 4.46. The van der Waals surface area contributed by atoms with Crippen molar-refractivity contribution in [3.8, 4) is 5.88 Å². The lowest BCUT2D eigenvalue weighted by Gasteiger charge is -2.25. The largest absolute Gasteiger partial charge is 0.475 e. The molecule has 2 aromatic rings. The van der Waals surface area contributed by atoms with Gasteiger partial charge in [-0.05, 0) is 59.2 Å². The second-order valence-corrected chi connectivity index (χ2v) is 10.8. The third kappa shape index (κ3) is 6.18. The molecule has 0 radical (unpaired) electrons. The molecule has 0 aliphatic heterocycles. The topological polar surface area (TPSA) is 98.2 Å². The van der Waals surface area contributed by atoms with Gasteiger partial charge < -0.3 is 10.1 Å². The van der Waals surface area contributed by atoms with E-state index in [1.54, 1.807) is 20.8 Å². The van der Waals surface area contributed by atoms with Crippen LogP contribution in [-0.4, -0.2) is 41.7 Å². The molecular formula is C21H25F4N3O4S. The molecular weight excluding hydrogens is 466 g/mol. The van der Waals surface area contributed by atoms with E-state index < -0.39 is 42.9 Å². The lowest BCUT2D eigenvalue weighted by atomic mass is 10.1. The Morgan fingerprint density at radius 1 is 1.15 bits per heavy atom. The number of hydrogen-bond donors (Lipinski definition) is 1. The summed E-state index contributed by atoms with van der Waals surface area (Å²) in [6, 6.07) is 1.18. The summed E-state index contributed by atoms with van der Waals surface area (Å²) in [6.45, 7) is 7.63. The van der Waals surface area contributed by atoms with Crippen molar-refractivity contribution >= 4 is 15.7 Å². The molecule has 0 saturated heterocycles. The summed E-state index contributed by atoms with van der Waals surface area (Å²) < 4.78 is 82.5. The first kappa shape index (κ1) is 26.5. The van der Waals surface area contributed by atoms with E-state index in [9.17, 15) is 30.8 Å². The van der Waals surface area contributed by atoms with E-state index in [4.69, 9.17) is 4.74 Å². The van der Waals surface area contributed by atoms with Gasteiger partial charge in [0.2, 0.25) is 5.88 Å². The zero-order valence-electron chi connectivity index (χ0n) is 18.7. The maximum atomic E-state index is 13.7. The summed E-state index contributed by atoms with van der Waals surface area (Å²) in [5.41, 5.74) is -0.958. The minimum atomic E-state index is -4.90. The Labute approximate surface area is 189 Å². The normalized spacial score (nSPS) is 12.7. The standard InChI is InChI=1S/C21H25F4N3O4S/c1-12(2)32-19-13(3)17(27-11-28-19)18(29)26-7-6-20(4,5)33(30,31)16-9-14(21(23,24)25)8-15(22)10-16/h8-12H,6-7H2,1-5H3,(H,26,29). The minimum absolute atomic E-state index is 0.0428. The second kappa shape index (κ2) is 9.62. The van der Waals surface area contributed by atoms with Crippen LogP contribution in [0, 0.1) is 12.7 Å². The Morgan fingerprint density at radius 3 is 2.36 bits per heavy atom.